The van der Waals surface area contributed by atoms with Gasteiger partial charge >= 0.3 is 0 Å². The quantitative estimate of drug-likeness (QED) is 0.884. The predicted molar refractivity (Wildman–Crippen MR) is 78.4 cm³/mol. The lowest BCUT2D eigenvalue weighted by molar-refractivity contribution is -0.0119. The molecule has 1 saturated carbocycles. The lowest BCUT2D eigenvalue weighted by Crippen LogP contribution is -2.43. The van der Waals surface area contributed by atoms with Gasteiger partial charge in [0.25, 0.3) is 0 Å². The van der Waals surface area contributed by atoms with Crippen LogP contribution in [0.3, 0.4) is 0 Å². The van der Waals surface area contributed by atoms with Crippen molar-refractivity contribution in [3.05, 3.63) is 34.1 Å². The molecule has 0 bridgehead atoms. The molecule has 19 heavy (non-hydrogen) atoms. The van der Waals surface area contributed by atoms with Crippen LogP contribution in [0.15, 0.2) is 22.7 Å². The molecule has 2 N–H and O–H groups in total. The summed E-state index contributed by atoms with van der Waals surface area (Å²) in [6.45, 7) is 3.32. The monoisotopic (exact) mass is 329 g/mol. The molecular formula is C15H21BrFNO. The van der Waals surface area contributed by atoms with Crippen LogP contribution < -0.4 is 5.32 Å². The summed E-state index contributed by atoms with van der Waals surface area (Å²) in [5, 5.41) is 13.7. The van der Waals surface area contributed by atoms with Gasteiger partial charge in [0.1, 0.15) is 5.82 Å². The maximum absolute atomic E-state index is 13.4. The third-order valence-corrected chi connectivity index (χ3v) is 4.76. The standard InChI is InChI=1S/C15H21BrFNO/c1-11-4-3-7-15(19,8-11)10-18-9-12-5-2-6-13(17)14(12)16/h2,5-6,11,18-19H,3-4,7-10H2,1H3. The third kappa shape index (κ3) is 4.01. The van der Waals surface area contributed by atoms with Gasteiger partial charge < -0.3 is 10.4 Å². The zero-order valence-corrected chi connectivity index (χ0v) is 12.8. The predicted octanol–water partition coefficient (Wildman–Crippen LogP) is 3.62. The normalized spacial score (nSPS) is 27.5. The maximum atomic E-state index is 13.4. The highest BCUT2D eigenvalue weighted by molar-refractivity contribution is 9.10. The van der Waals surface area contributed by atoms with Crippen LogP contribution in [0.5, 0.6) is 0 Å². The van der Waals surface area contributed by atoms with Crippen molar-refractivity contribution < 1.29 is 9.50 Å². The number of nitrogens with one attached hydrogen (secondary N) is 1. The van der Waals surface area contributed by atoms with Crippen LogP contribution in [0.25, 0.3) is 0 Å². The maximum Gasteiger partial charge on any atom is 0.137 e. The average Bonchev–Trinajstić information content (AvgIpc) is 2.34. The molecule has 1 aliphatic rings. The van der Waals surface area contributed by atoms with Gasteiger partial charge in [-0.25, -0.2) is 4.39 Å². The van der Waals surface area contributed by atoms with E-state index in [9.17, 15) is 9.50 Å². The van der Waals surface area contributed by atoms with Gasteiger partial charge in [-0.2, -0.15) is 0 Å². The summed E-state index contributed by atoms with van der Waals surface area (Å²) >= 11 is 3.25. The molecule has 0 amide bonds. The van der Waals surface area contributed by atoms with E-state index in [-0.39, 0.29) is 5.82 Å². The second kappa shape index (κ2) is 6.33. The number of benzene rings is 1. The van der Waals surface area contributed by atoms with E-state index in [1.54, 1.807) is 6.07 Å². The minimum atomic E-state index is -0.600. The fourth-order valence-electron chi connectivity index (χ4n) is 2.91. The van der Waals surface area contributed by atoms with E-state index in [0.717, 1.165) is 24.8 Å². The SMILES string of the molecule is CC1CCCC(O)(CNCc2cccc(F)c2Br)C1. The Morgan fingerprint density at radius 2 is 2.32 bits per heavy atom. The molecule has 0 saturated heterocycles. The summed E-state index contributed by atoms with van der Waals surface area (Å²) in [6.07, 6.45) is 4.00. The first-order chi connectivity index (χ1) is 9.00. The minimum Gasteiger partial charge on any atom is -0.389 e. The van der Waals surface area contributed by atoms with Crippen molar-refractivity contribution >= 4 is 15.9 Å². The summed E-state index contributed by atoms with van der Waals surface area (Å²) in [4.78, 5) is 0. The van der Waals surface area contributed by atoms with E-state index in [4.69, 9.17) is 0 Å². The number of aliphatic hydroxyl groups is 1. The van der Waals surface area contributed by atoms with Crippen molar-refractivity contribution in [2.24, 2.45) is 5.92 Å². The summed E-state index contributed by atoms with van der Waals surface area (Å²) in [6, 6.07) is 5.02. The number of hydrogen-bond donors (Lipinski definition) is 2. The van der Waals surface area contributed by atoms with Gasteiger partial charge in [0, 0.05) is 13.1 Å². The lowest BCUT2D eigenvalue weighted by atomic mass is 9.79. The van der Waals surface area contributed by atoms with Crippen molar-refractivity contribution in [1.29, 1.82) is 0 Å². The van der Waals surface area contributed by atoms with E-state index in [1.165, 1.54) is 12.5 Å². The van der Waals surface area contributed by atoms with E-state index in [1.807, 2.05) is 6.07 Å². The van der Waals surface area contributed by atoms with Crippen molar-refractivity contribution in [3.8, 4) is 0 Å². The van der Waals surface area contributed by atoms with Crippen LogP contribution in [-0.2, 0) is 6.54 Å². The average molecular weight is 330 g/mol. The summed E-state index contributed by atoms with van der Waals surface area (Å²) < 4.78 is 13.9. The van der Waals surface area contributed by atoms with Gasteiger partial charge in [-0.05, 0) is 46.3 Å². The molecule has 2 nitrogen and oxygen atoms in total. The highest BCUT2D eigenvalue weighted by Crippen LogP contribution is 2.31. The molecule has 0 radical (unpaired) electrons. The molecule has 4 heteroatoms. The number of rotatable bonds is 4. The summed E-state index contributed by atoms with van der Waals surface area (Å²) in [5.41, 5.74) is 0.282. The number of hydrogen-bond acceptors (Lipinski definition) is 2. The summed E-state index contributed by atoms with van der Waals surface area (Å²) in [5.74, 6) is 0.339. The van der Waals surface area contributed by atoms with E-state index in [2.05, 4.69) is 28.2 Å². The van der Waals surface area contributed by atoms with Gasteiger partial charge in [-0.15, -0.1) is 0 Å². The molecule has 2 atom stereocenters. The molecule has 0 aliphatic heterocycles. The van der Waals surface area contributed by atoms with E-state index in [0.29, 0.717) is 23.5 Å². The van der Waals surface area contributed by atoms with Crippen LogP contribution in [0.2, 0.25) is 0 Å². The van der Waals surface area contributed by atoms with Gasteiger partial charge in [-0.1, -0.05) is 31.9 Å². The number of halogens is 2. The van der Waals surface area contributed by atoms with Crippen LogP contribution in [0.1, 0.15) is 38.2 Å². The van der Waals surface area contributed by atoms with Crippen molar-refractivity contribution in [2.45, 2.75) is 44.8 Å². The molecule has 0 heterocycles. The zero-order chi connectivity index (χ0) is 13.9. The van der Waals surface area contributed by atoms with Gasteiger partial charge in [0.2, 0.25) is 0 Å². The molecule has 1 aliphatic carbocycles. The lowest BCUT2D eigenvalue weighted by Gasteiger charge is -2.35. The Morgan fingerprint density at radius 1 is 1.53 bits per heavy atom. The highest BCUT2D eigenvalue weighted by Gasteiger charge is 2.32. The van der Waals surface area contributed by atoms with Crippen LogP contribution >= 0.6 is 15.9 Å². The molecule has 1 aromatic carbocycles. The van der Waals surface area contributed by atoms with Gasteiger partial charge in [0.05, 0.1) is 10.1 Å². The second-order valence-corrected chi connectivity index (χ2v) is 6.54. The molecule has 1 fully saturated rings. The van der Waals surface area contributed by atoms with Crippen LogP contribution in [0, 0.1) is 11.7 Å². The molecule has 106 valence electrons. The summed E-state index contributed by atoms with van der Waals surface area (Å²) in [7, 11) is 0. The Balaban J connectivity index is 1.87. The molecule has 1 aromatic rings. The molecular weight excluding hydrogens is 309 g/mol. The fraction of sp³-hybridized carbons (Fsp3) is 0.600. The Bertz CT molecular complexity index is 440. The van der Waals surface area contributed by atoms with Crippen molar-refractivity contribution in [2.75, 3.05) is 6.54 Å². The first kappa shape index (κ1) is 14.9. The minimum absolute atomic E-state index is 0.246. The second-order valence-electron chi connectivity index (χ2n) is 5.74. The molecule has 2 rings (SSSR count). The highest BCUT2D eigenvalue weighted by atomic mass is 79.9. The van der Waals surface area contributed by atoms with E-state index >= 15 is 0 Å². The first-order valence-electron chi connectivity index (χ1n) is 6.86. The Morgan fingerprint density at radius 3 is 3.05 bits per heavy atom. The molecule has 0 aromatic heterocycles. The first-order valence-corrected chi connectivity index (χ1v) is 7.65. The third-order valence-electron chi connectivity index (χ3n) is 3.87. The molecule has 0 spiro atoms. The zero-order valence-electron chi connectivity index (χ0n) is 11.3. The Labute approximate surface area is 122 Å². The Hall–Kier alpha value is -0.450. The van der Waals surface area contributed by atoms with Gasteiger partial charge in [0.15, 0.2) is 0 Å². The van der Waals surface area contributed by atoms with Crippen molar-refractivity contribution in [1.82, 2.24) is 5.32 Å². The van der Waals surface area contributed by atoms with E-state index < -0.39 is 5.60 Å². The Kier molecular flexibility index (Phi) is 4.98. The van der Waals surface area contributed by atoms with Gasteiger partial charge in [-0.3, -0.25) is 0 Å². The largest absolute Gasteiger partial charge is 0.389 e. The fourth-order valence-corrected chi connectivity index (χ4v) is 3.31. The van der Waals surface area contributed by atoms with Crippen molar-refractivity contribution in [3.63, 3.8) is 0 Å². The molecule has 2 unspecified atom stereocenters. The topological polar surface area (TPSA) is 32.3 Å². The van der Waals surface area contributed by atoms with Crippen LogP contribution in [0.4, 0.5) is 4.39 Å². The van der Waals surface area contributed by atoms with Crippen LogP contribution in [-0.4, -0.2) is 17.3 Å². The smallest absolute Gasteiger partial charge is 0.137 e.